The fourth-order valence-electron chi connectivity index (χ4n) is 3.98. The van der Waals surface area contributed by atoms with Gasteiger partial charge in [-0.15, -0.1) is 11.3 Å². The molecule has 1 aliphatic heterocycles. The minimum atomic E-state index is -0.176. The number of carbonyl (C=O) groups excluding carboxylic acids is 2. The minimum Gasteiger partial charge on any atom is -0.339 e. The molecule has 0 unspecified atom stereocenters. The number of aryl methyl sites for hydroxylation is 1. The van der Waals surface area contributed by atoms with Crippen molar-refractivity contribution in [1.29, 1.82) is 0 Å². The van der Waals surface area contributed by atoms with Gasteiger partial charge in [-0.25, -0.2) is 0 Å². The Bertz CT molecular complexity index is 977. The van der Waals surface area contributed by atoms with Gasteiger partial charge in [-0.2, -0.15) is 0 Å². The van der Waals surface area contributed by atoms with E-state index in [1.54, 1.807) is 18.2 Å². The molecule has 4 rings (SSSR count). The van der Waals surface area contributed by atoms with Crippen LogP contribution in [0.15, 0.2) is 72.1 Å². The normalized spacial score (nSPS) is 14.5. The average Bonchev–Trinajstić information content (AvgIpc) is 3.34. The lowest BCUT2D eigenvalue weighted by Gasteiger charge is -2.32. The molecular formula is C25H26N2O2S. The van der Waals surface area contributed by atoms with Crippen LogP contribution in [0, 0.1) is 5.92 Å². The molecule has 3 aromatic rings. The van der Waals surface area contributed by atoms with Crippen LogP contribution in [0.25, 0.3) is 0 Å². The summed E-state index contributed by atoms with van der Waals surface area (Å²) in [5.41, 5.74) is 2.52. The Balaban J connectivity index is 1.34. The highest BCUT2D eigenvalue weighted by Gasteiger charge is 2.25. The minimum absolute atomic E-state index is 0.00131. The summed E-state index contributed by atoms with van der Waals surface area (Å²) < 4.78 is 0. The van der Waals surface area contributed by atoms with Crippen LogP contribution < -0.4 is 5.32 Å². The summed E-state index contributed by atoms with van der Waals surface area (Å²) in [6.07, 6.45) is 4.32. The second kappa shape index (κ2) is 9.72. The highest BCUT2D eigenvalue weighted by molar-refractivity contribution is 7.12. The summed E-state index contributed by atoms with van der Waals surface area (Å²) in [5, 5.41) is 4.77. The van der Waals surface area contributed by atoms with E-state index in [1.165, 1.54) is 23.3 Å². The van der Waals surface area contributed by atoms with Crippen LogP contribution in [0.4, 0.5) is 5.69 Å². The van der Waals surface area contributed by atoms with Crippen molar-refractivity contribution in [2.45, 2.75) is 25.7 Å². The molecule has 0 radical (unpaired) electrons. The van der Waals surface area contributed by atoms with E-state index in [9.17, 15) is 9.59 Å². The number of amides is 2. The SMILES string of the molecule is O=C(Nc1ccccc1C(=O)N1CCC(CCc2ccccc2)CC1)c1cccs1. The zero-order chi connectivity index (χ0) is 20.8. The van der Waals surface area contributed by atoms with Gasteiger partial charge in [0, 0.05) is 13.1 Å². The van der Waals surface area contributed by atoms with Crippen molar-refractivity contribution < 1.29 is 9.59 Å². The van der Waals surface area contributed by atoms with Gasteiger partial charge in [0.15, 0.2) is 0 Å². The Hall–Kier alpha value is -2.92. The van der Waals surface area contributed by atoms with Crippen LogP contribution in [0.3, 0.4) is 0 Å². The molecule has 0 bridgehead atoms. The Morgan fingerprint density at radius 1 is 0.933 bits per heavy atom. The van der Waals surface area contributed by atoms with Crippen molar-refractivity contribution >= 4 is 28.8 Å². The first kappa shape index (κ1) is 20.4. The number of para-hydroxylation sites is 1. The molecule has 0 spiro atoms. The second-order valence-electron chi connectivity index (χ2n) is 7.74. The summed E-state index contributed by atoms with van der Waals surface area (Å²) in [6.45, 7) is 1.54. The van der Waals surface area contributed by atoms with Crippen molar-refractivity contribution in [2.24, 2.45) is 5.92 Å². The molecule has 0 atom stereocenters. The zero-order valence-electron chi connectivity index (χ0n) is 16.9. The average molecular weight is 419 g/mol. The van der Waals surface area contributed by atoms with Crippen LogP contribution in [0.1, 0.15) is 44.9 Å². The molecule has 0 saturated carbocycles. The first-order valence-electron chi connectivity index (χ1n) is 10.5. The predicted octanol–water partition coefficient (Wildman–Crippen LogP) is 5.49. The van der Waals surface area contributed by atoms with Crippen molar-refractivity contribution in [1.82, 2.24) is 4.90 Å². The third kappa shape index (κ3) is 4.97. The van der Waals surface area contributed by atoms with E-state index in [4.69, 9.17) is 0 Å². The van der Waals surface area contributed by atoms with Gasteiger partial charge in [0.05, 0.1) is 16.1 Å². The lowest BCUT2D eigenvalue weighted by Crippen LogP contribution is -2.39. The first-order valence-corrected chi connectivity index (χ1v) is 11.4. The number of nitrogens with zero attached hydrogens (tertiary/aromatic N) is 1. The molecule has 2 heterocycles. The summed E-state index contributed by atoms with van der Waals surface area (Å²) in [6, 6.07) is 21.5. The molecule has 1 fully saturated rings. The molecule has 4 nitrogen and oxygen atoms in total. The molecule has 30 heavy (non-hydrogen) atoms. The van der Waals surface area contributed by atoms with Crippen LogP contribution >= 0.6 is 11.3 Å². The van der Waals surface area contributed by atoms with Gasteiger partial charge in [-0.3, -0.25) is 9.59 Å². The monoisotopic (exact) mass is 418 g/mol. The Labute approximate surface area is 181 Å². The number of hydrogen-bond acceptors (Lipinski definition) is 3. The zero-order valence-corrected chi connectivity index (χ0v) is 17.7. The van der Waals surface area contributed by atoms with E-state index in [1.807, 2.05) is 34.5 Å². The molecule has 154 valence electrons. The summed E-state index contributed by atoms with van der Waals surface area (Å²) in [5.74, 6) is 0.478. The number of nitrogens with one attached hydrogen (secondary N) is 1. The van der Waals surface area contributed by atoms with Crippen LogP contribution in [-0.2, 0) is 6.42 Å². The molecule has 5 heteroatoms. The highest BCUT2D eigenvalue weighted by Crippen LogP contribution is 2.26. The van der Waals surface area contributed by atoms with E-state index in [0.717, 1.165) is 32.4 Å². The van der Waals surface area contributed by atoms with E-state index in [-0.39, 0.29) is 11.8 Å². The largest absolute Gasteiger partial charge is 0.339 e. The fraction of sp³-hybridized carbons (Fsp3) is 0.280. The summed E-state index contributed by atoms with van der Waals surface area (Å²) in [4.78, 5) is 28.1. The molecule has 2 aromatic carbocycles. The van der Waals surface area contributed by atoms with Gasteiger partial charge < -0.3 is 10.2 Å². The van der Waals surface area contributed by atoms with E-state index in [0.29, 0.717) is 22.0 Å². The van der Waals surface area contributed by atoms with Crippen LogP contribution in [-0.4, -0.2) is 29.8 Å². The summed E-state index contributed by atoms with van der Waals surface area (Å²) >= 11 is 1.39. The number of carbonyl (C=O) groups is 2. The maximum atomic E-state index is 13.2. The third-order valence-electron chi connectivity index (χ3n) is 5.74. The Kier molecular flexibility index (Phi) is 6.60. The summed E-state index contributed by atoms with van der Waals surface area (Å²) in [7, 11) is 0. The second-order valence-corrected chi connectivity index (χ2v) is 8.68. The third-order valence-corrected chi connectivity index (χ3v) is 6.61. The van der Waals surface area contributed by atoms with Gasteiger partial charge in [-0.05, 0) is 60.7 Å². The molecule has 1 saturated heterocycles. The first-order chi connectivity index (χ1) is 14.7. The van der Waals surface area contributed by atoms with Crippen LogP contribution in [0.2, 0.25) is 0 Å². The van der Waals surface area contributed by atoms with Gasteiger partial charge in [0.25, 0.3) is 11.8 Å². The fourth-order valence-corrected chi connectivity index (χ4v) is 4.60. The highest BCUT2D eigenvalue weighted by atomic mass is 32.1. The topological polar surface area (TPSA) is 49.4 Å². The van der Waals surface area contributed by atoms with E-state index in [2.05, 4.69) is 29.6 Å². The van der Waals surface area contributed by atoms with Gasteiger partial charge in [0.1, 0.15) is 0 Å². The molecule has 1 N–H and O–H groups in total. The maximum absolute atomic E-state index is 13.2. The number of thiophene rings is 1. The van der Waals surface area contributed by atoms with Crippen molar-refractivity contribution in [3.63, 3.8) is 0 Å². The number of anilines is 1. The molecule has 1 aromatic heterocycles. The predicted molar refractivity (Wildman–Crippen MR) is 122 cm³/mol. The van der Waals surface area contributed by atoms with Crippen molar-refractivity contribution in [3.8, 4) is 0 Å². The van der Waals surface area contributed by atoms with E-state index < -0.39 is 0 Å². The maximum Gasteiger partial charge on any atom is 0.265 e. The van der Waals surface area contributed by atoms with Crippen LogP contribution in [0.5, 0.6) is 0 Å². The van der Waals surface area contributed by atoms with Crippen molar-refractivity contribution in [3.05, 3.63) is 88.1 Å². The number of likely N-dealkylation sites (tertiary alicyclic amines) is 1. The Morgan fingerprint density at radius 2 is 1.67 bits per heavy atom. The van der Waals surface area contributed by atoms with Gasteiger partial charge in [-0.1, -0.05) is 48.5 Å². The van der Waals surface area contributed by atoms with E-state index >= 15 is 0 Å². The molecule has 0 aliphatic carbocycles. The number of benzene rings is 2. The van der Waals surface area contributed by atoms with Gasteiger partial charge in [0.2, 0.25) is 0 Å². The standard InChI is InChI=1S/C25H26N2O2S/c28-24(23-11-6-18-30-23)26-22-10-5-4-9-21(22)25(29)27-16-14-20(15-17-27)13-12-19-7-2-1-3-8-19/h1-11,18,20H,12-17H2,(H,26,28). The number of rotatable bonds is 6. The smallest absolute Gasteiger partial charge is 0.265 e. The number of piperidine rings is 1. The van der Waals surface area contributed by atoms with Crippen molar-refractivity contribution in [2.75, 3.05) is 18.4 Å². The molecule has 2 amide bonds. The molecular weight excluding hydrogens is 392 g/mol. The van der Waals surface area contributed by atoms with Gasteiger partial charge >= 0.3 is 0 Å². The Morgan fingerprint density at radius 3 is 2.40 bits per heavy atom. The lowest BCUT2D eigenvalue weighted by molar-refractivity contribution is 0.0688. The lowest BCUT2D eigenvalue weighted by atomic mass is 9.90. The quantitative estimate of drug-likeness (QED) is 0.576. The molecule has 1 aliphatic rings. The number of hydrogen-bond donors (Lipinski definition) is 1.